The molecule has 0 atom stereocenters. The molecule has 0 aliphatic rings. The Bertz CT molecular complexity index is 429. The molecular weight excluding hydrogens is 244 g/mol. The molecule has 5 heteroatoms. The summed E-state index contributed by atoms with van der Waals surface area (Å²) < 4.78 is 9.90. The van der Waals surface area contributed by atoms with E-state index < -0.39 is 11.8 Å². The number of ether oxygens (including phenoxy) is 2. The minimum atomic E-state index is -0.907. The maximum absolute atomic E-state index is 11.8. The number of Topliss-reactive ketones (excluding diaryl/α,β-unsaturated/α-hetero) is 1. The highest BCUT2D eigenvalue weighted by molar-refractivity contribution is 6.42. The fourth-order valence-electron chi connectivity index (χ4n) is 1.27. The van der Waals surface area contributed by atoms with Crippen LogP contribution in [0.3, 0.4) is 0 Å². The van der Waals surface area contributed by atoms with Crippen molar-refractivity contribution in [3.8, 4) is 5.75 Å². The van der Waals surface area contributed by atoms with Gasteiger partial charge in [-0.15, -0.1) is 0 Å². The van der Waals surface area contributed by atoms with Crippen LogP contribution in [0.1, 0.15) is 24.2 Å². The molecule has 1 aromatic carbocycles. The molecule has 0 aliphatic carbocycles. The molecule has 0 aromatic heterocycles. The van der Waals surface area contributed by atoms with E-state index >= 15 is 0 Å². The van der Waals surface area contributed by atoms with Crippen LogP contribution in [0.15, 0.2) is 18.2 Å². The fourth-order valence-corrected chi connectivity index (χ4v) is 1.44. The molecule has 1 rings (SSSR count). The zero-order valence-electron chi connectivity index (χ0n) is 9.66. The van der Waals surface area contributed by atoms with Crippen molar-refractivity contribution in [2.45, 2.75) is 13.8 Å². The average molecular weight is 257 g/mol. The number of esters is 1. The number of hydrogen-bond acceptors (Lipinski definition) is 4. The Morgan fingerprint density at radius 2 is 1.94 bits per heavy atom. The highest BCUT2D eigenvalue weighted by Crippen LogP contribution is 2.23. The molecule has 0 amide bonds. The van der Waals surface area contributed by atoms with Gasteiger partial charge in [0.1, 0.15) is 5.75 Å². The molecule has 0 unspecified atom stereocenters. The molecule has 0 radical (unpaired) electrons. The standard InChI is InChI=1S/C12H13ClO4/c1-3-16-10-6-5-8(13)7-9(10)11(14)12(15)17-4-2/h5-7H,3-4H2,1-2H3. The van der Waals surface area contributed by atoms with E-state index in [-0.39, 0.29) is 12.2 Å². The van der Waals surface area contributed by atoms with Crippen LogP contribution in [0.5, 0.6) is 5.75 Å². The first kappa shape index (κ1) is 13.5. The Balaban J connectivity index is 3.05. The van der Waals surface area contributed by atoms with Gasteiger partial charge in [-0.3, -0.25) is 4.79 Å². The highest BCUT2D eigenvalue weighted by Gasteiger charge is 2.21. The average Bonchev–Trinajstić information content (AvgIpc) is 2.31. The Morgan fingerprint density at radius 3 is 2.53 bits per heavy atom. The van der Waals surface area contributed by atoms with Gasteiger partial charge in [0.05, 0.1) is 18.8 Å². The Kier molecular flexibility index (Phi) is 4.97. The van der Waals surface area contributed by atoms with Crippen molar-refractivity contribution in [1.82, 2.24) is 0 Å². The van der Waals surface area contributed by atoms with E-state index in [9.17, 15) is 9.59 Å². The van der Waals surface area contributed by atoms with Gasteiger partial charge in [-0.25, -0.2) is 4.79 Å². The number of ketones is 1. The lowest BCUT2D eigenvalue weighted by Gasteiger charge is -2.09. The molecule has 0 heterocycles. The molecule has 1 aromatic rings. The van der Waals surface area contributed by atoms with Crippen LogP contribution in [-0.4, -0.2) is 25.0 Å². The molecule has 4 nitrogen and oxygen atoms in total. The van der Waals surface area contributed by atoms with Crippen molar-refractivity contribution in [2.24, 2.45) is 0 Å². The lowest BCUT2D eigenvalue weighted by atomic mass is 10.1. The third-order valence-electron chi connectivity index (χ3n) is 1.95. The zero-order chi connectivity index (χ0) is 12.8. The molecule has 0 bridgehead atoms. The van der Waals surface area contributed by atoms with Crippen molar-refractivity contribution in [2.75, 3.05) is 13.2 Å². The van der Waals surface area contributed by atoms with Crippen LogP contribution in [-0.2, 0) is 9.53 Å². The van der Waals surface area contributed by atoms with E-state index in [0.717, 1.165) is 0 Å². The molecular formula is C12H13ClO4. The van der Waals surface area contributed by atoms with E-state index in [1.54, 1.807) is 26.0 Å². The first-order valence-corrected chi connectivity index (χ1v) is 5.61. The monoisotopic (exact) mass is 256 g/mol. The first-order chi connectivity index (χ1) is 8.10. The summed E-state index contributed by atoms with van der Waals surface area (Å²) in [6.07, 6.45) is 0. The van der Waals surface area contributed by atoms with E-state index in [0.29, 0.717) is 17.4 Å². The number of benzene rings is 1. The smallest absolute Gasteiger partial charge is 0.379 e. The predicted octanol–water partition coefficient (Wildman–Crippen LogP) is 2.48. The summed E-state index contributed by atoms with van der Waals surface area (Å²) >= 11 is 5.78. The van der Waals surface area contributed by atoms with E-state index in [1.807, 2.05) is 0 Å². The third-order valence-corrected chi connectivity index (χ3v) is 2.18. The van der Waals surface area contributed by atoms with Gasteiger partial charge in [-0.1, -0.05) is 11.6 Å². The molecule has 0 aliphatic heterocycles. The highest BCUT2D eigenvalue weighted by atomic mass is 35.5. The van der Waals surface area contributed by atoms with Gasteiger partial charge in [-0.05, 0) is 32.0 Å². The van der Waals surface area contributed by atoms with E-state index in [4.69, 9.17) is 16.3 Å². The quantitative estimate of drug-likeness (QED) is 0.461. The molecule has 0 spiro atoms. The first-order valence-electron chi connectivity index (χ1n) is 5.24. The van der Waals surface area contributed by atoms with Crippen molar-refractivity contribution >= 4 is 23.4 Å². The van der Waals surface area contributed by atoms with Crippen LogP contribution in [0.2, 0.25) is 5.02 Å². The largest absolute Gasteiger partial charge is 0.493 e. The van der Waals surface area contributed by atoms with E-state index in [1.165, 1.54) is 6.07 Å². The Hall–Kier alpha value is -1.55. The van der Waals surface area contributed by atoms with Crippen LogP contribution >= 0.6 is 11.6 Å². The van der Waals surface area contributed by atoms with Gasteiger partial charge in [0.25, 0.3) is 5.78 Å². The van der Waals surface area contributed by atoms with Gasteiger partial charge < -0.3 is 9.47 Å². The number of halogens is 1. The molecule has 0 fully saturated rings. The third kappa shape index (κ3) is 3.46. The maximum atomic E-state index is 11.8. The SMILES string of the molecule is CCOC(=O)C(=O)c1cc(Cl)ccc1OCC. The molecule has 0 saturated carbocycles. The summed E-state index contributed by atoms with van der Waals surface area (Å²) in [6, 6.07) is 4.54. The lowest BCUT2D eigenvalue weighted by Crippen LogP contribution is -2.18. The Morgan fingerprint density at radius 1 is 1.24 bits per heavy atom. The van der Waals surface area contributed by atoms with Crippen LogP contribution in [0.4, 0.5) is 0 Å². The fraction of sp³-hybridized carbons (Fsp3) is 0.333. The van der Waals surface area contributed by atoms with Crippen molar-refractivity contribution in [1.29, 1.82) is 0 Å². The molecule has 0 saturated heterocycles. The van der Waals surface area contributed by atoms with Crippen LogP contribution < -0.4 is 4.74 Å². The lowest BCUT2D eigenvalue weighted by molar-refractivity contribution is -0.137. The number of carbonyl (C=O) groups excluding carboxylic acids is 2. The normalized spacial score (nSPS) is 9.82. The summed E-state index contributed by atoms with van der Waals surface area (Å²) in [4.78, 5) is 23.1. The van der Waals surface area contributed by atoms with Crippen LogP contribution in [0.25, 0.3) is 0 Å². The van der Waals surface area contributed by atoms with Gasteiger partial charge in [0.15, 0.2) is 0 Å². The second-order valence-electron chi connectivity index (χ2n) is 3.12. The minimum Gasteiger partial charge on any atom is -0.493 e. The van der Waals surface area contributed by atoms with Gasteiger partial charge in [0, 0.05) is 5.02 Å². The van der Waals surface area contributed by atoms with Gasteiger partial charge in [0.2, 0.25) is 0 Å². The summed E-state index contributed by atoms with van der Waals surface area (Å²) in [6.45, 7) is 3.96. The van der Waals surface area contributed by atoms with Gasteiger partial charge >= 0.3 is 5.97 Å². The molecule has 17 heavy (non-hydrogen) atoms. The van der Waals surface area contributed by atoms with Crippen molar-refractivity contribution in [3.05, 3.63) is 28.8 Å². The molecule has 0 N–H and O–H groups in total. The topological polar surface area (TPSA) is 52.6 Å². The summed E-state index contributed by atoms with van der Waals surface area (Å²) in [5.74, 6) is -1.33. The van der Waals surface area contributed by atoms with Gasteiger partial charge in [-0.2, -0.15) is 0 Å². The second-order valence-corrected chi connectivity index (χ2v) is 3.56. The summed E-state index contributed by atoms with van der Waals surface area (Å²) in [5.41, 5.74) is 0.123. The summed E-state index contributed by atoms with van der Waals surface area (Å²) in [5, 5.41) is 0.362. The van der Waals surface area contributed by atoms with Crippen molar-refractivity contribution < 1.29 is 19.1 Å². The van der Waals surface area contributed by atoms with Crippen molar-refractivity contribution in [3.63, 3.8) is 0 Å². The number of carbonyl (C=O) groups is 2. The predicted molar refractivity (Wildman–Crippen MR) is 63.6 cm³/mol. The van der Waals surface area contributed by atoms with E-state index in [2.05, 4.69) is 4.74 Å². The minimum absolute atomic E-state index is 0.123. The van der Waals surface area contributed by atoms with Crippen LogP contribution in [0, 0.1) is 0 Å². The second kappa shape index (κ2) is 6.25. The number of rotatable bonds is 5. The number of hydrogen-bond donors (Lipinski definition) is 0. The molecule has 92 valence electrons. The summed E-state index contributed by atoms with van der Waals surface area (Å²) in [7, 11) is 0. The maximum Gasteiger partial charge on any atom is 0.379 e. The Labute approximate surface area is 104 Å². The zero-order valence-corrected chi connectivity index (χ0v) is 10.4.